The molecule has 27 heavy (non-hydrogen) atoms. The molecule has 150 valence electrons. The molecule has 0 aliphatic carbocycles. The summed E-state index contributed by atoms with van der Waals surface area (Å²) in [5.74, 6) is 0.581. The third-order valence-corrected chi connectivity index (χ3v) is 5.04. The topological polar surface area (TPSA) is 65.0 Å². The Kier molecular flexibility index (Phi) is 9.52. The van der Waals surface area contributed by atoms with Crippen molar-refractivity contribution in [3.05, 3.63) is 29.8 Å². The van der Waals surface area contributed by atoms with Gasteiger partial charge in [0, 0.05) is 38.3 Å². The molecule has 2 rings (SSSR count). The Morgan fingerprint density at radius 2 is 1.85 bits per heavy atom. The first kappa shape index (κ1) is 21.6. The summed E-state index contributed by atoms with van der Waals surface area (Å²) in [6.07, 6.45) is 4.68. The van der Waals surface area contributed by atoms with Crippen LogP contribution in [0.4, 0.5) is 0 Å². The molecule has 0 saturated carbocycles. The highest BCUT2D eigenvalue weighted by Crippen LogP contribution is 2.13. The van der Waals surface area contributed by atoms with E-state index in [1.54, 1.807) is 12.1 Å². The number of ether oxygens (including phenoxy) is 1. The predicted molar refractivity (Wildman–Crippen MR) is 111 cm³/mol. The fourth-order valence-corrected chi connectivity index (χ4v) is 3.26. The number of nitrogens with zero attached hydrogens (tertiary/aromatic N) is 2. The smallest absolute Gasteiger partial charge is 0.257 e. The molecule has 0 aromatic heterocycles. The second-order valence-electron chi connectivity index (χ2n) is 6.75. The summed E-state index contributed by atoms with van der Waals surface area (Å²) < 4.78 is 5.71. The van der Waals surface area contributed by atoms with Gasteiger partial charge < -0.3 is 14.7 Å². The van der Waals surface area contributed by atoms with Crippen molar-refractivity contribution in [3.63, 3.8) is 0 Å². The van der Waals surface area contributed by atoms with Gasteiger partial charge in [0.2, 0.25) is 0 Å². The molecule has 7 heteroatoms. The predicted octanol–water partition coefficient (Wildman–Crippen LogP) is 2.27. The van der Waals surface area contributed by atoms with Gasteiger partial charge in [-0.1, -0.05) is 26.2 Å². The number of aliphatic hydroxyl groups is 1. The molecule has 1 heterocycles. The SMILES string of the molecule is CCCCCCOc1ccc(C(=O)NC(=S)N2CCN(CCO)CC2)cc1. The number of carbonyl (C=O) groups excluding carboxylic acids is 1. The average Bonchev–Trinajstić information content (AvgIpc) is 2.69. The zero-order chi connectivity index (χ0) is 19.5. The fourth-order valence-electron chi connectivity index (χ4n) is 2.99. The molecule has 6 nitrogen and oxygen atoms in total. The van der Waals surface area contributed by atoms with Crippen molar-refractivity contribution < 1.29 is 14.6 Å². The summed E-state index contributed by atoms with van der Waals surface area (Å²) in [4.78, 5) is 16.6. The number of rotatable bonds is 9. The van der Waals surface area contributed by atoms with E-state index in [4.69, 9.17) is 22.1 Å². The number of β-amino-alcohol motifs (C(OH)–C–C–N with tert-alkyl or cyclic N) is 1. The van der Waals surface area contributed by atoms with Crippen LogP contribution in [-0.4, -0.2) is 71.9 Å². The van der Waals surface area contributed by atoms with E-state index in [-0.39, 0.29) is 12.5 Å². The largest absolute Gasteiger partial charge is 0.494 e. The van der Waals surface area contributed by atoms with Crippen LogP contribution in [0.25, 0.3) is 0 Å². The van der Waals surface area contributed by atoms with Crippen LogP contribution < -0.4 is 10.1 Å². The molecular weight excluding hydrogens is 362 g/mol. The molecule has 0 unspecified atom stereocenters. The lowest BCUT2D eigenvalue weighted by atomic mass is 10.2. The number of piperazine rings is 1. The number of nitrogens with one attached hydrogen (secondary N) is 1. The second-order valence-corrected chi connectivity index (χ2v) is 7.13. The van der Waals surface area contributed by atoms with E-state index in [1.807, 2.05) is 17.0 Å². The Balaban J connectivity index is 1.74. The van der Waals surface area contributed by atoms with Gasteiger partial charge in [-0.3, -0.25) is 15.0 Å². The molecule has 1 aromatic rings. The molecule has 1 saturated heterocycles. The summed E-state index contributed by atoms with van der Waals surface area (Å²) in [5, 5.41) is 12.3. The van der Waals surface area contributed by atoms with Crippen molar-refractivity contribution in [3.8, 4) is 5.75 Å². The first-order valence-corrected chi connectivity index (χ1v) is 10.2. The Bertz CT molecular complexity index is 587. The van der Waals surface area contributed by atoms with Crippen LogP contribution in [-0.2, 0) is 0 Å². The third kappa shape index (κ3) is 7.44. The van der Waals surface area contributed by atoms with Gasteiger partial charge in [-0.15, -0.1) is 0 Å². The van der Waals surface area contributed by atoms with Crippen molar-refractivity contribution in [2.75, 3.05) is 45.9 Å². The number of unbranched alkanes of at least 4 members (excludes halogenated alkanes) is 3. The number of thiocarbonyl (C=S) groups is 1. The molecule has 1 aliphatic rings. The molecule has 1 aromatic carbocycles. The van der Waals surface area contributed by atoms with Crippen molar-refractivity contribution in [2.24, 2.45) is 0 Å². The number of amides is 1. The van der Waals surface area contributed by atoms with E-state index in [0.717, 1.165) is 38.3 Å². The van der Waals surface area contributed by atoms with Crippen LogP contribution in [0.5, 0.6) is 5.75 Å². The van der Waals surface area contributed by atoms with Gasteiger partial charge in [0.1, 0.15) is 5.75 Å². The standard InChI is InChI=1S/C20H31N3O3S/c1-2-3-4-5-16-26-18-8-6-17(7-9-18)19(25)21-20(27)23-12-10-22(11-13-23)14-15-24/h6-9,24H,2-5,10-16H2,1H3,(H,21,25,27). The number of aliphatic hydroxyl groups excluding tert-OH is 1. The molecule has 2 N–H and O–H groups in total. The highest BCUT2D eigenvalue weighted by atomic mass is 32.1. The van der Waals surface area contributed by atoms with Gasteiger partial charge >= 0.3 is 0 Å². The van der Waals surface area contributed by atoms with Gasteiger partial charge in [-0.05, 0) is 42.9 Å². The maximum Gasteiger partial charge on any atom is 0.257 e. The Morgan fingerprint density at radius 3 is 2.48 bits per heavy atom. The molecular formula is C20H31N3O3S. The van der Waals surface area contributed by atoms with Crippen LogP contribution in [0.15, 0.2) is 24.3 Å². The number of carbonyl (C=O) groups is 1. The first-order chi connectivity index (χ1) is 13.1. The normalized spacial score (nSPS) is 14.8. The minimum atomic E-state index is -0.202. The Labute approximate surface area is 167 Å². The van der Waals surface area contributed by atoms with Gasteiger partial charge in [0.05, 0.1) is 13.2 Å². The maximum absolute atomic E-state index is 12.4. The third-order valence-electron chi connectivity index (χ3n) is 4.68. The number of hydrogen-bond acceptors (Lipinski definition) is 5. The summed E-state index contributed by atoms with van der Waals surface area (Å²) in [6, 6.07) is 7.17. The zero-order valence-electron chi connectivity index (χ0n) is 16.2. The van der Waals surface area contributed by atoms with Crippen LogP contribution in [0.1, 0.15) is 43.0 Å². The molecule has 0 spiro atoms. The molecule has 0 atom stereocenters. The van der Waals surface area contributed by atoms with Crippen molar-refractivity contribution in [2.45, 2.75) is 32.6 Å². The molecule has 0 bridgehead atoms. The van der Waals surface area contributed by atoms with E-state index in [2.05, 4.69) is 17.1 Å². The fraction of sp³-hybridized carbons (Fsp3) is 0.600. The zero-order valence-corrected chi connectivity index (χ0v) is 17.0. The number of hydrogen-bond donors (Lipinski definition) is 2. The minimum Gasteiger partial charge on any atom is -0.494 e. The van der Waals surface area contributed by atoms with Gasteiger partial charge in [0.25, 0.3) is 5.91 Å². The van der Waals surface area contributed by atoms with Gasteiger partial charge in [0.15, 0.2) is 5.11 Å². The van der Waals surface area contributed by atoms with E-state index in [9.17, 15) is 4.79 Å². The lowest BCUT2D eigenvalue weighted by Gasteiger charge is -2.35. The van der Waals surface area contributed by atoms with Crippen molar-refractivity contribution in [1.82, 2.24) is 15.1 Å². The lowest BCUT2D eigenvalue weighted by Crippen LogP contribution is -2.53. The number of benzene rings is 1. The maximum atomic E-state index is 12.4. The van der Waals surface area contributed by atoms with Crippen molar-refractivity contribution >= 4 is 23.2 Å². The average molecular weight is 394 g/mol. The summed E-state index contributed by atoms with van der Waals surface area (Å²) in [6.45, 7) is 6.92. The highest BCUT2D eigenvalue weighted by molar-refractivity contribution is 7.80. The van der Waals surface area contributed by atoms with Gasteiger partial charge in [-0.2, -0.15) is 0 Å². The quantitative estimate of drug-likeness (QED) is 0.496. The molecule has 1 amide bonds. The monoisotopic (exact) mass is 393 g/mol. The summed E-state index contributed by atoms with van der Waals surface area (Å²) in [7, 11) is 0. The second kappa shape index (κ2) is 11.9. The van der Waals surface area contributed by atoms with Crippen molar-refractivity contribution in [1.29, 1.82) is 0 Å². The summed E-state index contributed by atoms with van der Waals surface area (Å²) in [5.41, 5.74) is 0.564. The Hall–Kier alpha value is -1.70. The first-order valence-electron chi connectivity index (χ1n) is 9.80. The molecule has 1 fully saturated rings. The lowest BCUT2D eigenvalue weighted by molar-refractivity contribution is 0.0968. The van der Waals surface area contributed by atoms with Crippen LogP contribution in [0, 0.1) is 0 Å². The van der Waals surface area contributed by atoms with Crippen LogP contribution >= 0.6 is 12.2 Å². The highest BCUT2D eigenvalue weighted by Gasteiger charge is 2.20. The Morgan fingerprint density at radius 1 is 1.15 bits per heavy atom. The summed E-state index contributed by atoms with van der Waals surface area (Å²) >= 11 is 5.37. The minimum absolute atomic E-state index is 0.166. The van der Waals surface area contributed by atoms with Gasteiger partial charge in [-0.25, -0.2) is 0 Å². The molecule has 0 radical (unpaired) electrons. The van der Waals surface area contributed by atoms with E-state index in [0.29, 0.717) is 23.8 Å². The van der Waals surface area contributed by atoms with E-state index < -0.39 is 0 Å². The van der Waals surface area contributed by atoms with E-state index in [1.165, 1.54) is 19.3 Å². The van der Waals surface area contributed by atoms with E-state index >= 15 is 0 Å². The molecule has 1 aliphatic heterocycles. The van der Waals surface area contributed by atoms with Crippen LogP contribution in [0.2, 0.25) is 0 Å². The van der Waals surface area contributed by atoms with Crippen LogP contribution in [0.3, 0.4) is 0 Å².